The Bertz CT molecular complexity index is 935. The number of rotatable bonds is 5. The van der Waals surface area contributed by atoms with Crippen molar-refractivity contribution in [3.63, 3.8) is 0 Å². The topological polar surface area (TPSA) is 32.3 Å². The smallest absolute Gasteiger partial charge is 0.251 e. The zero-order valence-electron chi connectivity index (χ0n) is 15.0. The summed E-state index contributed by atoms with van der Waals surface area (Å²) >= 11 is 5.88. The van der Waals surface area contributed by atoms with Gasteiger partial charge >= 0.3 is 0 Å². The summed E-state index contributed by atoms with van der Waals surface area (Å²) in [5.41, 5.74) is 5.64. The van der Waals surface area contributed by atoms with Crippen LogP contribution in [0.3, 0.4) is 0 Å². The van der Waals surface area contributed by atoms with E-state index in [4.69, 9.17) is 11.6 Å². The van der Waals surface area contributed by atoms with Crippen molar-refractivity contribution in [2.45, 2.75) is 19.5 Å². The van der Waals surface area contributed by atoms with Crippen LogP contribution >= 0.6 is 11.6 Å². The Kier molecular flexibility index (Phi) is 5.12. The van der Waals surface area contributed by atoms with Gasteiger partial charge in [0.05, 0.1) is 0 Å². The Hall–Kier alpha value is -2.78. The lowest BCUT2D eigenvalue weighted by Gasteiger charge is -2.19. The number of nitrogens with zero attached hydrogens (tertiary/aromatic N) is 1. The average molecular weight is 377 g/mol. The van der Waals surface area contributed by atoms with Crippen molar-refractivity contribution in [1.82, 2.24) is 5.32 Å². The number of hydrogen-bond acceptors (Lipinski definition) is 2. The van der Waals surface area contributed by atoms with Gasteiger partial charge in [0.2, 0.25) is 0 Å². The first-order chi connectivity index (χ1) is 13.2. The van der Waals surface area contributed by atoms with Gasteiger partial charge in [-0.3, -0.25) is 4.79 Å². The van der Waals surface area contributed by atoms with Crippen molar-refractivity contribution in [1.29, 1.82) is 0 Å². The molecule has 1 amide bonds. The standard InChI is InChI=1S/C23H21ClN2O/c24-21-11-7-17(8-12-21)15-25-23(27)20-9-5-18(6-10-20)16-26-14-13-19-3-1-2-4-22(19)26/h1-12H,13-16H2,(H,25,27). The second-order valence-electron chi connectivity index (χ2n) is 6.81. The highest BCUT2D eigenvalue weighted by Crippen LogP contribution is 2.28. The number of carbonyl (C=O) groups excluding carboxylic acids is 1. The molecule has 0 saturated heterocycles. The van der Waals surface area contributed by atoms with E-state index in [0.29, 0.717) is 17.1 Å². The van der Waals surface area contributed by atoms with Gasteiger partial charge in [0.15, 0.2) is 0 Å². The van der Waals surface area contributed by atoms with E-state index in [9.17, 15) is 4.79 Å². The minimum Gasteiger partial charge on any atom is -0.367 e. The zero-order chi connectivity index (χ0) is 18.6. The first kappa shape index (κ1) is 17.6. The van der Waals surface area contributed by atoms with Gasteiger partial charge in [-0.25, -0.2) is 0 Å². The molecule has 27 heavy (non-hydrogen) atoms. The Morgan fingerprint density at radius 3 is 2.41 bits per heavy atom. The van der Waals surface area contributed by atoms with Gasteiger partial charge in [-0.1, -0.05) is 54.1 Å². The van der Waals surface area contributed by atoms with Gasteiger partial charge < -0.3 is 10.2 Å². The number of carbonyl (C=O) groups is 1. The molecule has 0 bridgehead atoms. The number of halogens is 1. The first-order valence-electron chi connectivity index (χ1n) is 9.13. The molecule has 3 aromatic carbocycles. The normalized spacial score (nSPS) is 12.7. The summed E-state index contributed by atoms with van der Waals surface area (Å²) < 4.78 is 0. The predicted octanol–water partition coefficient (Wildman–Crippen LogP) is 4.83. The third-order valence-electron chi connectivity index (χ3n) is 4.94. The lowest BCUT2D eigenvalue weighted by atomic mass is 10.1. The third-order valence-corrected chi connectivity index (χ3v) is 5.19. The van der Waals surface area contributed by atoms with E-state index in [1.54, 1.807) is 0 Å². The molecule has 1 heterocycles. The Morgan fingerprint density at radius 1 is 0.926 bits per heavy atom. The van der Waals surface area contributed by atoms with E-state index in [1.807, 2.05) is 48.5 Å². The summed E-state index contributed by atoms with van der Waals surface area (Å²) in [5, 5.41) is 3.64. The van der Waals surface area contributed by atoms with Crippen LogP contribution in [-0.2, 0) is 19.5 Å². The third kappa shape index (κ3) is 4.15. The summed E-state index contributed by atoms with van der Waals surface area (Å²) in [4.78, 5) is 14.8. The zero-order valence-corrected chi connectivity index (χ0v) is 15.7. The minimum absolute atomic E-state index is 0.0666. The minimum atomic E-state index is -0.0666. The van der Waals surface area contributed by atoms with Crippen LogP contribution in [-0.4, -0.2) is 12.5 Å². The Balaban J connectivity index is 1.36. The number of fused-ring (bicyclic) bond motifs is 1. The Morgan fingerprint density at radius 2 is 1.63 bits per heavy atom. The monoisotopic (exact) mass is 376 g/mol. The molecule has 1 aliphatic rings. The average Bonchev–Trinajstić information content (AvgIpc) is 3.11. The van der Waals surface area contributed by atoms with E-state index >= 15 is 0 Å². The van der Waals surface area contributed by atoms with Gasteiger partial charge in [-0.05, 0) is 53.4 Å². The summed E-state index contributed by atoms with van der Waals surface area (Å²) in [6.07, 6.45) is 1.10. The van der Waals surface area contributed by atoms with Crippen LogP contribution in [0.4, 0.5) is 5.69 Å². The maximum atomic E-state index is 12.4. The van der Waals surface area contributed by atoms with Gasteiger partial charge in [0, 0.05) is 35.9 Å². The molecule has 0 spiro atoms. The Labute approximate surface area is 164 Å². The number of anilines is 1. The van der Waals surface area contributed by atoms with Crippen LogP contribution in [0.15, 0.2) is 72.8 Å². The molecule has 0 unspecified atom stereocenters. The van der Waals surface area contributed by atoms with Crippen molar-refractivity contribution in [3.05, 3.63) is 100 Å². The lowest BCUT2D eigenvalue weighted by Crippen LogP contribution is -2.23. The second kappa shape index (κ2) is 7.85. The first-order valence-corrected chi connectivity index (χ1v) is 9.51. The quantitative estimate of drug-likeness (QED) is 0.691. The van der Waals surface area contributed by atoms with Crippen LogP contribution in [0.1, 0.15) is 27.0 Å². The summed E-state index contributed by atoms with van der Waals surface area (Å²) in [5.74, 6) is -0.0666. The maximum Gasteiger partial charge on any atom is 0.251 e. The number of hydrogen-bond donors (Lipinski definition) is 1. The molecule has 0 atom stereocenters. The van der Waals surface area contributed by atoms with E-state index in [2.05, 4.69) is 34.5 Å². The van der Waals surface area contributed by atoms with E-state index in [0.717, 1.165) is 25.1 Å². The molecule has 3 nitrogen and oxygen atoms in total. The summed E-state index contributed by atoms with van der Waals surface area (Å²) in [6, 6.07) is 23.9. The lowest BCUT2D eigenvalue weighted by molar-refractivity contribution is 0.0951. The number of benzene rings is 3. The molecule has 0 aliphatic carbocycles. The van der Waals surface area contributed by atoms with Gasteiger partial charge in [0.1, 0.15) is 0 Å². The number of amides is 1. The highest BCUT2D eigenvalue weighted by atomic mass is 35.5. The predicted molar refractivity (Wildman–Crippen MR) is 110 cm³/mol. The number of nitrogens with one attached hydrogen (secondary N) is 1. The van der Waals surface area contributed by atoms with Gasteiger partial charge in [-0.2, -0.15) is 0 Å². The van der Waals surface area contributed by atoms with Crippen LogP contribution in [0.25, 0.3) is 0 Å². The van der Waals surface area contributed by atoms with Crippen LogP contribution < -0.4 is 10.2 Å². The molecular formula is C23H21ClN2O. The summed E-state index contributed by atoms with van der Waals surface area (Å²) in [6.45, 7) is 2.40. The molecule has 4 rings (SSSR count). The summed E-state index contributed by atoms with van der Waals surface area (Å²) in [7, 11) is 0. The van der Waals surface area contributed by atoms with Gasteiger partial charge in [0.25, 0.3) is 5.91 Å². The van der Waals surface area contributed by atoms with E-state index in [-0.39, 0.29) is 5.91 Å². The fraction of sp³-hybridized carbons (Fsp3) is 0.174. The van der Waals surface area contributed by atoms with Crippen molar-refractivity contribution in [3.8, 4) is 0 Å². The molecule has 136 valence electrons. The molecule has 0 radical (unpaired) electrons. The van der Waals surface area contributed by atoms with Crippen molar-refractivity contribution in [2.75, 3.05) is 11.4 Å². The molecule has 1 aliphatic heterocycles. The fourth-order valence-corrected chi connectivity index (χ4v) is 3.57. The van der Waals surface area contributed by atoms with Crippen molar-refractivity contribution >= 4 is 23.2 Å². The molecule has 0 saturated carbocycles. The fourth-order valence-electron chi connectivity index (χ4n) is 3.44. The molecule has 0 aromatic heterocycles. The highest BCUT2D eigenvalue weighted by molar-refractivity contribution is 6.30. The van der Waals surface area contributed by atoms with Crippen molar-refractivity contribution < 1.29 is 4.79 Å². The highest BCUT2D eigenvalue weighted by Gasteiger charge is 2.18. The molecule has 3 aromatic rings. The second-order valence-corrected chi connectivity index (χ2v) is 7.24. The SMILES string of the molecule is O=C(NCc1ccc(Cl)cc1)c1ccc(CN2CCc3ccccc32)cc1. The van der Waals surface area contributed by atoms with Crippen LogP contribution in [0.2, 0.25) is 5.02 Å². The maximum absolute atomic E-state index is 12.4. The van der Waals surface area contributed by atoms with Crippen molar-refractivity contribution in [2.24, 2.45) is 0 Å². The van der Waals surface area contributed by atoms with E-state index < -0.39 is 0 Å². The van der Waals surface area contributed by atoms with Gasteiger partial charge in [-0.15, -0.1) is 0 Å². The van der Waals surface area contributed by atoms with Crippen LogP contribution in [0.5, 0.6) is 0 Å². The van der Waals surface area contributed by atoms with E-state index in [1.165, 1.54) is 16.8 Å². The molecule has 1 N–H and O–H groups in total. The molecule has 0 fully saturated rings. The number of para-hydroxylation sites is 1. The molecule has 4 heteroatoms. The largest absolute Gasteiger partial charge is 0.367 e. The molecular weight excluding hydrogens is 356 g/mol. The van der Waals surface area contributed by atoms with Crippen LogP contribution in [0, 0.1) is 0 Å².